The predicted molar refractivity (Wildman–Crippen MR) is 102 cm³/mol. The van der Waals surface area contributed by atoms with E-state index in [1.54, 1.807) is 11.9 Å². The Morgan fingerprint density at radius 3 is 2.48 bits per heavy atom. The van der Waals surface area contributed by atoms with Gasteiger partial charge in [0.2, 0.25) is 0 Å². The van der Waals surface area contributed by atoms with Gasteiger partial charge in [0.1, 0.15) is 19.2 Å². The van der Waals surface area contributed by atoms with Crippen LogP contribution >= 0.6 is 0 Å². The molecule has 8 nitrogen and oxygen atoms in total. The van der Waals surface area contributed by atoms with Crippen molar-refractivity contribution in [3.63, 3.8) is 0 Å². The first-order valence-electron chi connectivity index (χ1n) is 9.65. The summed E-state index contributed by atoms with van der Waals surface area (Å²) >= 11 is 0. The molecule has 0 saturated carbocycles. The maximum atomic E-state index is 12.5. The van der Waals surface area contributed by atoms with Gasteiger partial charge in [0.25, 0.3) is 5.91 Å². The molecular weight excluding hydrogens is 352 g/mol. The van der Waals surface area contributed by atoms with Crippen LogP contribution in [0.2, 0.25) is 0 Å². The topological polar surface area (TPSA) is 77.5 Å². The van der Waals surface area contributed by atoms with E-state index in [2.05, 4.69) is 13.5 Å². The molecule has 0 aromatic rings. The van der Waals surface area contributed by atoms with E-state index >= 15 is 0 Å². The van der Waals surface area contributed by atoms with E-state index < -0.39 is 6.10 Å². The molecule has 1 atom stereocenters. The molecule has 1 N–H and O–H groups in total. The van der Waals surface area contributed by atoms with Gasteiger partial charge in [0, 0.05) is 12.0 Å². The van der Waals surface area contributed by atoms with E-state index in [1.807, 2.05) is 14.1 Å². The molecule has 8 heteroatoms. The van der Waals surface area contributed by atoms with Crippen molar-refractivity contribution in [3.05, 3.63) is 12.2 Å². The monoisotopic (exact) mass is 389 g/mol. The van der Waals surface area contributed by atoms with E-state index in [4.69, 9.17) is 18.9 Å². The molecule has 0 aliphatic carbocycles. The van der Waals surface area contributed by atoms with E-state index in [-0.39, 0.29) is 25.3 Å². The van der Waals surface area contributed by atoms with Crippen molar-refractivity contribution in [2.45, 2.75) is 39.1 Å². The average Bonchev–Trinajstić information content (AvgIpc) is 3.11. The Hall–Kier alpha value is -1.03. The van der Waals surface area contributed by atoms with Crippen LogP contribution in [0.4, 0.5) is 0 Å². The fourth-order valence-electron chi connectivity index (χ4n) is 2.88. The molecule has 1 amide bonds. The maximum absolute atomic E-state index is 12.5. The number of rotatable bonds is 14. The van der Waals surface area contributed by atoms with E-state index in [9.17, 15) is 9.90 Å². The van der Waals surface area contributed by atoms with Crippen LogP contribution in [0.15, 0.2) is 12.2 Å². The summed E-state index contributed by atoms with van der Waals surface area (Å²) in [7, 11) is 3.90. The van der Waals surface area contributed by atoms with E-state index in [0.717, 1.165) is 13.0 Å². The number of nitrogens with zero attached hydrogens (tertiary/aromatic N) is 2. The minimum Gasteiger partial charge on any atom is -0.389 e. The first-order chi connectivity index (χ1) is 12.8. The van der Waals surface area contributed by atoms with Crippen molar-refractivity contribution in [2.75, 3.05) is 66.8 Å². The summed E-state index contributed by atoms with van der Waals surface area (Å²) in [5.74, 6) is -0.160. The van der Waals surface area contributed by atoms with E-state index in [1.165, 1.54) is 0 Å². The van der Waals surface area contributed by atoms with Gasteiger partial charge >= 0.3 is 0 Å². The lowest BCUT2D eigenvalue weighted by Crippen LogP contribution is -2.60. The molecule has 0 radical (unpaired) electrons. The second kappa shape index (κ2) is 12.4. The van der Waals surface area contributed by atoms with Gasteiger partial charge in [-0.15, -0.1) is 0 Å². The van der Waals surface area contributed by atoms with Gasteiger partial charge in [0.15, 0.2) is 6.29 Å². The highest BCUT2D eigenvalue weighted by Crippen LogP contribution is 2.12. The second-order valence-corrected chi connectivity index (χ2v) is 7.31. The number of amides is 1. The number of aliphatic hydroxyl groups is 1. The van der Waals surface area contributed by atoms with Crippen molar-refractivity contribution in [1.29, 1.82) is 0 Å². The minimum absolute atomic E-state index is 0.143. The zero-order valence-corrected chi connectivity index (χ0v) is 17.3. The van der Waals surface area contributed by atoms with E-state index in [0.29, 0.717) is 49.6 Å². The van der Waals surface area contributed by atoms with Gasteiger partial charge in [-0.3, -0.25) is 4.79 Å². The lowest BCUT2D eigenvalue weighted by atomic mass is 10.2. The Bertz CT molecular complexity index is 451. The van der Waals surface area contributed by atoms with Gasteiger partial charge in [0.05, 0.1) is 53.7 Å². The molecule has 0 aromatic heterocycles. The van der Waals surface area contributed by atoms with Gasteiger partial charge in [-0.1, -0.05) is 13.5 Å². The Kier molecular flexibility index (Phi) is 11.1. The molecule has 1 aliphatic heterocycles. The predicted octanol–water partition coefficient (Wildman–Crippen LogP) is 0.950. The van der Waals surface area contributed by atoms with Crippen molar-refractivity contribution in [1.82, 2.24) is 5.01 Å². The molecule has 1 saturated heterocycles. The molecule has 0 bridgehead atoms. The highest BCUT2D eigenvalue weighted by atomic mass is 16.7. The molecule has 158 valence electrons. The Labute approximate surface area is 163 Å². The molecule has 1 unspecified atom stereocenters. The fourth-order valence-corrected chi connectivity index (χ4v) is 2.88. The summed E-state index contributed by atoms with van der Waals surface area (Å²) < 4.78 is 22.0. The highest BCUT2D eigenvalue weighted by Gasteiger charge is 2.32. The van der Waals surface area contributed by atoms with Crippen molar-refractivity contribution < 1.29 is 33.4 Å². The Morgan fingerprint density at radius 1 is 1.26 bits per heavy atom. The summed E-state index contributed by atoms with van der Waals surface area (Å²) in [4.78, 5) is 12.5. The third-order valence-electron chi connectivity index (χ3n) is 4.28. The first kappa shape index (κ1) is 24.0. The van der Waals surface area contributed by atoms with Crippen LogP contribution in [-0.2, 0) is 23.7 Å². The van der Waals surface area contributed by atoms with Crippen LogP contribution < -0.4 is 0 Å². The van der Waals surface area contributed by atoms with Crippen molar-refractivity contribution >= 4 is 5.91 Å². The normalized spacial score (nSPS) is 16.5. The van der Waals surface area contributed by atoms with Crippen molar-refractivity contribution in [2.24, 2.45) is 0 Å². The van der Waals surface area contributed by atoms with Crippen LogP contribution in [0, 0.1) is 0 Å². The zero-order chi connectivity index (χ0) is 20.3. The Balaban J connectivity index is 2.27. The number of ether oxygens (including phenoxy) is 4. The molecule has 1 aliphatic rings. The molecular formula is C19H37N2O6+. The number of quaternary nitrogens is 1. The number of hydrogen-bond donors (Lipinski definition) is 1. The fraction of sp³-hybridized carbons (Fsp3) is 0.842. The quantitative estimate of drug-likeness (QED) is 0.206. The molecule has 0 aromatic carbocycles. The van der Waals surface area contributed by atoms with Crippen molar-refractivity contribution in [3.8, 4) is 0 Å². The third kappa shape index (κ3) is 9.14. The summed E-state index contributed by atoms with van der Waals surface area (Å²) in [6, 6.07) is 0. The number of carbonyl (C=O) groups excluding carboxylic acids is 1. The minimum atomic E-state index is -0.775. The summed E-state index contributed by atoms with van der Waals surface area (Å²) in [5, 5.41) is 11.9. The molecule has 1 heterocycles. The summed E-state index contributed by atoms with van der Waals surface area (Å²) in [5.41, 5.74) is 0.453. The standard InChI is InChI=1S/C19H37N2O6/c1-6-8-21(4,5)20(19(23)16(2)3)14-17(22)15-25-11-10-24-9-7-18-26-12-13-27-18/h17-18,22H,2,6-15H2,1,3-5H3/q+1. The molecule has 1 fully saturated rings. The van der Waals surface area contributed by atoms with Crippen LogP contribution in [0.3, 0.4) is 0 Å². The van der Waals surface area contributed by atoms with Crippen LogP contribution in [-0.4, -0.2) is 99.8 Å². The lowest BCUT2D eigenvalue weighted by molar-refractivity contribution is -0.991. The van der Waals surface area contributed by atoms with Gasteiger partial charge in [-0.05, 0) is 13.3 Å². The van der Waals surface area contributed by atoms with Crippen LogP contribution in [0.1, 0.15) is 26.7 Å². The molecule has 0 spiro atoms. The first-order valence-corrected chi connectivity index (χ1v) is 9.65. The second-order valence-electron chi connectivity index (χ2n) is 7.31. The number of carbonyl (C=O) groups is 1. The van der Waals surface area contributed by atoms with Gasteiger partial charge < -0.3 is 24.1 Å². The van der Waals surface area contributed by atoms with Gasteiger partial charge in [-0.25, -0.2) is 4.59 Å². The smallest absolute Gasteiger partial charge is 0.293 e. The summed E-state index contributed by atoms with van der Waals surface area (Å²) in [6.45, 7) is 11.3. The SMILES string of the molecule is C=C(C)C(=O)N(CC(O)COCCOCCC1OCCO1)[N+](C)(C)CCC. The zero-order valence-electron chi connectivity index (χ0n) is 17.3. The van der Waals surface area contributed by atoms with Crippen LogP contribution in [0.5, 0.6) is 0 Å². The van der Waals surface area contributed by atoms with Crippen LogP contribution in [0.25, 0.3) is 0 Å². The molecule has 1 rings (SSSR count). The number of hydrogen-bond acceptors (Lipinski definition) is 6. The third-order valence-corrected chi connectivity index (χ3v) is 4.28. The highest BCUT2D eigenvalue weighted by molar-refractivity contribution is 5.91. The molecule has 27 heavy (non-hydrogen) atoms. The largest absolute Gasteiger partial charge is 0.389 e. The summed E-state index contributed by atoms with van der Waals surface area (Å²) in [6.07, 6.45) is 0.691. The number of aliphatic hydroxyl groups excluding tert-OH is 1. The maximum Gasteiger partial charge on any atom is 0.293 e. The lowest BCUT2D eigenvalue weighted by Gasteiger charge is -2.40. The average molecular weight is 390 g/mol. The Morgan fingerprint density at radius 2 is 1.89 bits per heavy atom. The van der Waals surface area contributed by atoms with Gasteiger partial charge in [-0.2, -0.15) is 5.01 Å².